The van der Waals surface area contributed by atoms with Gasteiger partial charge < -0.3 is 14.2 Å². The first-order valence-corrected chi connectivity index (χ1v) is 9.58. The monoisotopic (exact) mass is 360 g/mol. The van der Waals surface area contributed by atoms with E-state index in [2.05, 4.69) is 4.18 Å². The molecule has 0 spiro atoms. The van der Waals surface area contributed by atoms with Gasteiger partial charge in [0, 0.05) is 0 Å². The Morgan fingerprint density at radius 3 is 2.41 bits per heavy atom. The summed E-state index contributed by atoms with van der Waals surface area (Å²) in [5.41, 5.74) is 0. The minimum atomic E-state index is -4.11. The van der Waals surface area contributed by atoms with Crippen LogP contribution in [0, 0.1) is 0 Å². The van der Waals surface area contributed by atoms with Crippen LogP contribution in [0.3, 0.4) is 0 Å². The van der Waals surface area contributed by atoms with Gasteiger partial charge >= 0.3 is 10.4 Å². The molecule has 3 aliphatic heterocycles. The molecule has 3 aliphatic rings. The molecule has 3 heterocycles. The minimum Gasteiger partial charge on any atom is -0.341 e. The molecule has 0 bridgehead atoms. The first-order chi connectivity index (χ1) is 9.96. The van der Waals surface area contributed by atoms with Crippen LogP contribution >= 0.6 is 0 Å². The van der Waals surface area contributed by atoms with E-state index in [0.717, 1.165) is 6.26 Å². The van der Waals surface area contributed by atoms with Crippen molar-refractivity contribution in [2.24, 2.45) is 0 Å². The van der Waals surface area contributed by atoms with Crippen molar-refractivity contribution in [1.29, 1.82) is 0 Å². The lowest BCUT2D eigenvalue weighted by Crippen LogP contribution is -2.44. The van der Waals surface area contributed by atoms with Gasteiger partial charge in [-0.2, -0.15) is 16.8 Å². The molecule has 0 amide bonds. The molecule has 3 rings (SSSR count). The largest absolute Gasteiger partial charge is 0.400 e. The van der Waals surface area contributed by atoms with Crippen molar-refractivity contribution in [3.05, 3.63) is 0 Å². The Morgan fingerprint density at radius 1 is 1.18 bits per heavy atom. The average Bonchev–Trinajstić information content (AvgIpc) is 2.89. The number of rotatable bonds is 3. The second-order valence-corrected chi connectivity index (χ2v) is 8.51. The molecular weight excluding hydrogens is 344 g/mol. The third-order valence-electron chi connectivity index (χ3n) is 3.30. The smallest absolute Gasteiger partial charge is 0.341 e. The van der Waals surface area contributed by atoms with E-state index in [-0.39, 0.29) is 6.61 Å². The fraction of sp³-hybridized carbons (Fsp3) is 1.00. The highest BCUT2D eigenvalue weighted by Gasteiger charge is 2.60. The van der Waals surface area contributed by atoms with Gasteiger partial charge in [0.25, 0.3) is 10.1 Å². The van der Waals surface area contributed by atoms with Crippen molar-refractivity contribution in [3.8, 4) is 0 Å². The number of ether oxygens (including phenoxy) is 3. The van der Waals surface area contributed by atoms with E-state index >= 15 is 0 Å². The summed E-state index contributed by atoms with van der Waals surface area (Å²) in [6.07, 6.45) is -4.03. The molecule has 0 radical (unpaired) electrons. The summed E-state index contributed by atoms with van der Waals surface area (Å²) in [5, 5.41) is 0. The van der Waals surface area contributed by atoms with Crippen molar-refractivity contribution >= 4 is 20.5 Å². The van der Waals surface area contributed by atoms with Crippen molar-refractivity contribution in [1.82, 2.24) is 0 Å². The lowest BCUT2D eigenvalue weighted by atomic mass is 10.1. The zero-order valence-electron chi connectivity index (χ0n) is 12.0. The molecule has 3 saturated heterocycles. The van der Waals surface area contributed by atoms with E-state index in [0.29, 0.717) is 0 Å². The SMILES string of the molecule is CC1(C)O[C@H]2O[C@H]([C@H]3COS(=O)(=O)O3)[C@H](OS(C)(=O)=O)[C@H]2O1. The zero-order valence-corrected chi connectivity index (χ0v) is 13.6. The summed E-state index contributed by atoms with van der Waals surface area (Å²) >= 11 is 0. The van der Waals surface area contributed by atoms with E-state index in [4.69, 9.17) is 22.6 Å². The van der Waals surface area contributed by atoms with Crippen molar-refractivity contribution in [3.63, 3.8) is 0 Å². The van der Waals surface area contributed by atoms with Crippen LogP contribution in [0.4, 0.5) is 0 Å². The molecule has 3 fully saturated rings. The van der Waals surface area contributed by atoms with Crippen LogP contribution in [0.1, 0.15) is 13.8 Å². The lowest BCUT2D eigenvalue weighted by Gasteiger charge is -2.26. The molecule has 0 aromatic rings. The molecule has 10 nitrogen and oxygen atoms in total. The van der Waals surface area contributed by atoms with Gasteiger partial charge in [0.05, 0.1) is 12.9 Å². The second kappa shape index (κ2) is 5.08. The van der Waals surface area contributed by atoms with Crippen molar-refractivity contribution in [2.45, 2.75) is 50.3 Å². The van der Waals surface area contributed by atoms with Crippen LogP contribution in [0.5, 0.6) is 0 Å². The van der Waals surface area contributed by atoms with Crippen molar-refractivity contribution < 1.29 is 43.6 Å². The zero-order chi connectivity index (χ0) is 16.3. The van der Waals surface area contributed by atoms with Gasteiger partial charge in [0.1, 0.15) is 24.4 Å². The summed E-state index contributed by atoms with van der Waals surface area (Å²) in [6, 6.07) is 0. The van der Waals surface area contributed by atoms with Gasteiger partial charge in [0.15, 0.2) is 12.1 Å². The number of hydrogen-bond acceptors (Lipinski definition) is 10. The van der Waals surface area contributed by atoms with Gasteiger partial charge in [-0.1, -0.05) is 0 Å². The predicted octanol–water partition coefficient (Wildman–Crippen LogP) is -1.13. The Morgan fingerprint density at radius 2 is 1.86 bits per heavy atom. The summed E-state index contributed by atoms with van der Waals surface area (Å²) in [7, 11) is -7.95. The van der Waals surface area contributed by atoms with Gasteiger partial charge in [0.2, 0.25) is 0 Å². The summed E-state index contributed by atoms with van der Waals surface area (Å²) in [5.74, 6) is -0.974. The maximum Gasteiger partial charge on any atom is 0.400 e. The average molecular weight is 360 g/mol. The second-order valence-electron chi connectivity index (χ2n) is 5.66. The van der Waals surface area contributed by atoms with Crippen LogP contribution in [-0.4, -0.2) is 66.2 Å². The predicted molar refractivity (Wildman–Crippen MR) is 68.2 cm³/mol. The van der Waals surface area contributed by atoms with Gasteiger partial charge in [-0.25, -0.2) is 8.37 Å². The first kappa shape index (κ1) is 16.5. The van der Waals surface area contributed by atoms with Crippen LogP contribution in [0.25, 0.3) is 0 Å². The lowest BCUT2D eigenvalue weighted by molar-refractivity contribution is -0.221. The van der Waals surface area contributed by atoms with Crippen LogP contribution in [-0.2, 0) is 47.3 Å². The maximum absolute atomic E-state index is 11.5. The van der Waals surface area contributed by atoms with Crippen LogP contribution in [0.2, 0.25) is 0 Å². The fourth-order valence-corrected chi connectivity index (χ4v) is 4.07. The van der Waals surface area contributed by atoms with E-state index in [1.54, 1.807) is 13.8 Å². The third-order valence-corrected chi connectivity index (χ3v) is 4.78. The van der Waals surface area contributed by atoms with Crippen molar-refractivity contribution in [2.75, 3.05) is 12.9 Å². The minimum absolute atomic E-state index is 0.306. The topological polar surface area (TPSA) is 124 Å². The molecule has 12 heteroatoms. The van der Waals surface area contributed by atoms with Crippen LogP contribution < -0.4 is 0 Å². The Kier molecular flexibility index (Phi) is 3.81. The maximum atomic E-state index is 11.5. The highest BCUT2D eigenvalue weighted by atomic mass is 32.3. The quantitative estimate of drug-likeness (QED) is 0.571. The highest BCUT2D eigenvalue weighted by Crippen LogP contribution is 2.41. The van der Waals surface area contributed by atoms with E-state index in [1.165, 1.54) is 0 Å². The Balaban J connectivity index is 1.84. The van der Waals surface area contributed by atoms with Gasteiger partial charge in [-0.3, -0.25) is 4.18 Å². The van der Waals surface area contributed by atoms with E-state index < -0.39 is 57.0 Å². The Hall–Kier alpha value is -0.340. The Bertz CT molecular complexity index is 653. The number of fused-ring (bicyclic) bond motifs is 1. The molecule has 0 aromatic heterocycles. The molecule has 0 N–H and O–H groups in total. The fourth-order valence-electron chi connectivity index (χ4n) is 2.62. The summed E-state index contributed by atoms with van der Waals surface area (Å²) in [4.78, 5) is 0. The van der Waals surface area contributed by atoms with Gasteiger partial charge in [-0.05, 0) is 13.8 Å². The molecule has 0 aromatic carbocycles. The van der Waals surface area contributed by atoms with Gasteiger partial charge in [-0.15, -0.1) is 0 Å². The first-order valence-electron chi connectivity index (χ1n) is 6.43. The molecule has 5 atom stereocenters. The molecule has 22 heavy (non-hydrogen) atoms. The standard InChI is InChI=1S/C10H16O10S2/c1-10(2)17-8-7(20-21(3,11)12)6(16-9(8)18-10)5-4-15-22(13,14)19-5/h5-9H,4H2,1-3H3/t5-,6-,7+,8-,9-/m1/s1. The molecule has 0 unspecified atom stereocenters. The Labute approximate surface area is 128 Å². The normalized spacial score (nSPS) is 43.3. The summed E-state index contributed by atoms with van der Waals surface area (Å²) < 4.78 is 76.2. The highest BCUT2D eigenvalue weighted by molar-refractivity contribution is 7.86. The molecule has 128 valence electrons. The van der Waals surface area contributed by atoms with E-state index in [9.17, 15) is 16.8 Å². The third kappa shape index (κ3) is 3.28. The molecular formula is C10H16O10S2. The van der Waals surface area contributed by atoms with E-state index in [1.807, 2.05) is 0 Å². The summed E-state index contributed by atoms with van der Waals surface area (Å²) in [6.45, 7) is 2.97. The molecule has 0 saturated carbocycles. The number of hydrogen-bond donors (Lipinski definition) is 0. The molecule has 0 aliphatic carbocycles. The van der Waals surface area contributed by atoms with Crippen LogP contribution in [0.15, 0.2) is 0 Å².